The van der Waals surface area contributed by atoms with Crippen molar-refractivity contribution in [3.63, 3.8) is 0 Å². The number of hydrogen-bond acceptors (Lipinski definition) is 1. The lowest BCUT2D eigenvalue weighted by Gasteiger charge is -2.31. The molecule has 0 unspecified atom stereocenters. The molecule has 0 aromatic carbocycles. The Morgan fingerprint density at radius 2 is 0.767 bits per heavy atom. The third-order valence-corrected chi connectivity index (χ3v) is 5.54. The van der Waals surface area contributed by atoms with Crippen molar-refractivity contribution in [2.24, 2.45) is 0 Å². The summed E-state index contributed by atoms with van der Waals surface area (Å²) in [5.41, 5.74) is 0. The van der Waals surface area contributed by atoms with Gasteiger partial charge in [0.2, 0.25) is 0 Å². The van der Waals surface area contributed by atoms with Crippen LogP contribution in [-0.4, -0.2) is 66.7 Å². The fourth-order valence-electron chi connectivity index (χ4n) is 3.63. The number of hydrogen-bond donors (Lipinski definition) is 0. The quantitative estimate of drug-likeness (QED) is 0.159. The van der Waals surface area contributed by atoms with E-state index in [9.17, 15) is 0 Å². The van der Waals surface area contributed by atoms with Gasteiger partial charge in [-0.2, -0.15) is 7.11 Å². The average molecular weight is 428 g/mol. The highest BCUT2D eigenvalue weighted by Crippen LogP contribution is 2.10. The van der Waals surface area contributed by atoms with Gasteiger partial charge in [-0.05, 0) is 38.5 Å². The second-order valence-corrected chi connectivity index (χ2v) is 8.38. The van der Waals surface area contributed by atoms with E-state index in [-0.39, 0.29) is 0 Å². The van der Waals surface area contributed by atoms with E-state index in [4.69, 9.17) is 5.11 Å². The van der Waals surface area contributed by atoms with Gasteiger partial charge in [0, 0.05) is 0 Å². The summed E-state index contributed by atoms with van der Waals surface area (Å²) in [7, 11) is 0.750. The largest absolute Gasteiger partial charge is 0.857 e. The van der Waals surface area contributed by atoms with Crippen LogP contribution in [0.3, 0.4) is 0 Å². The normalized spacial score (nSPS) is 10.4. The molecule has 0 heterocycles. The maximum Gasteiger partial charge on any atom is 0.350 e. The van der Waals surface area contributed by atoms with E-state index in [1.807, 2.05) is 0 Å². The zero-order chi connectivity index (χ0) is 23.0. The van der Waals surface area contributed by atoms with Crippen LogP contribution in [0.25, 0.3) is 0 Å². The first kappa shape index (κ1) is 31.4. The van der Waals surface area contributed by atoms with Gasteiger partial charge >= 0.3 is 5.96 Å². The number of unbranched alkanes of at least 4 members (excludes halogenated alkanes) is 6. The SMILES string of the molecule is CCCCN(CCCC)C(N(CCCC)CCCC)=[N+](CCCC)CCCC.C[O-]. The van der Waals surface area contributed by atoms with E-state index in [1.165, 1.54) is 116 Å². The monoisotopic (exact) mass is 427 g/mol. The fraction of sp³-hybridized carbons (Fsp3) is 0.962. The van der Waals surface area contributed by atoms with Crippen LogP contribution in [0.5, 0.6) is 0 Å². The molecule has 0 saturated carbocycles. The Bertz CT molecular complexity index is 323. The molecule has 30 heavy (non-hydrogen) atoms. The number of guanidine groups is 1. The summed E-state index contributed by atoms with van der Waals surface area (Å²) < 4.78 is 2.77. The van der Waals surface area contributed by atoms with Crippen molar-refractivity contribution in [2.45, 2.75) is 119 Å². The molecule has 0 atom stereocenters. The van der Waals surface area contributed by atoms with Crippen molar-refractivity contribution in [2.75, 3.05) is 46.4 Å². The van der Waals surface area contributed by atoms with Gasteiger partial charge in [-0.15, -0.1) is 0 Å². The van der Waals surface area contributed by atoms with E-state index in [0.717, 1.165) is 7.11 Å². The molecule has 0 spiro atoms. The minimum absolute atomic E-state index is 0.750. The first-order valence-electron chi connectivity index (χ1n) is 13.2. The zero-order valence-corrected chi connectivity index (χ0v) is 22.0. The summed E-state index contributed by atoms with van der Waals surface area (Å²) in [5.74, 6) is 1.57. The standard InChI is InChI=1S/C25H54N3.CH3O/c1-7-13-19-26(20-14-8-2)25(27(21-15-9-3)22-16-10-4)28(23-17-11-5)24-18-12-6;1-2/h7-24H2,1-6H3;1H3/q+1;-1. The third-order valence-electron chi connectivity index (χ3n) is 5.54. The molecule has 0 bridgehead atoms. The Kier molecular flexibility index (Phi) is 25.7. The fourth-order valence-corrected chi connectivity index (χ4v) is 3.63. The van der Waals surface area contributed by atoms with Gasteiger partial charge in [0.1, 0.15) is 0 Å². The van der Waals surface area contributed by atoms with E-state index < -0.39 is 0 Å². The molecular weight excluding hydrogens is 370 g/mol. The topological polar surface area (TPSA) is 32.5 Å². The summed E-state index contributed by atoms with van der Waals surface area (Å²) >= 11 is 0. The molecule has 0 aliphatic carbocycles. The van der Waals surface area contributed by atoms with Crippen LogP contribution in [0.1, 0.15) is 119 Å². The maximum atomic E-state index is 8.25. The predicted molar refractivity (Wildman–Crippen MR) is 134 cm³/mol. The Morgan fingerprint density at radius 3 is 1.00 bits per heavy atom. The first-order valence-corrected chi connectivity index (χ1v) is 13.2. The van der Waals surface area contributed by atoms with E-state index in [1.54, 1.807) is 5.96 Å². The average Bonchev–Trinajstić information content (AvgIpc) is 2.78. The van der Waals surface area contributed by atoms with Gasteiger partial charge in [0.05, 0.1) is 39.3 Å². The van der Waals surface area contributed by atoms with Gasteiger partial charge in [-0.25, -0.2) is 0 Å². The minimum atomic E-state index is 0.750. The molecule has 0 radical (unpaired) electrons. The second kappa shape index (κ2) is 24.5. The highest BCUT2D eigenvalue weighted by Gasteiger charge is 2.28. The molecule has 4 nitrogen and oxygen atoms in total. The molecule has 0 aliphatic rings. The smallest absolute Gasteiger partial charge is 0.350 e. The van der Waals surface area contributed by atoms with Crippen molar-refractivity contribution in [3.05, 3.63) is 0 Å². The molecule has 0 aromatic rings. The lowest BCUT2D eigenvalue weighted by Crippen LogP contribution is -2.51. The Morgan fingerprint density at radius 1 is 0.500 bits per heavy atom. The lowest BCUT2D eigenvalue weighted by atomic mass is 10.2. The highest BCUT2D eigenvalue weighted by molar-refractivity contribution is 5.75. The van der Waals surface area contributed by atoms with Crippen molar-refractivity contribution in [1.82, 2.24) is 9.80 Å². The molecule has 4 heteroatoms. The van der Waals surface area contributed by atoms with Gasteiger partial charge in [-0.1, -0.05) is 80.1 Å². The molecular formula is C26H57N3O. The van der Waals surface area contributed by atoms with Crippen LogP contribution in [0, 0.1) is 0 Å². The van der Waals surface area contributed by atoms with Crippen LogP contribution in [0.2, 0.25) is 0 Å². The molecule has 0 rings (SSSR count). The summed E-state index contributed by atoms with van der Waals surface area (Å²) in [6.07, 6.45) is 15.5. The van der Waals surface area contributed by atoms with Crippen LogP contribution in [-0.2, 0) is 0 Å². The highest BCUT2D eigenvalue weighted by atomic mass is 16.2. The van der Waals surface area contributed by atoms with Gasteiger partial charge < -0.3 is 5.11 Å². The first-order chi connectivity index (χ1) is 14.7. The second-order valence-electron chi connectivity index (χ2n) is 8.38. The van der Waals surface area contributed by atoms with Crippen LogP contribution < -0.4 is 5.11 Å². The van der Waals surface area contributed by atoms with E-state index in [0.29, 0.717) is 0 Å². The molecule has 0 aromatic heterocycles. The van der Waals surface area contributed by atoms with Gasteiger partial charge in [0.15, 0.2) is 0 Å². The molecule has 0 N–H and O–H groups in total. The third kappa shape index (κ3) is 15.1. The Hall–Kier alpha value is -0.770. The minimum Gasteiger partial charge on any atom is -0.857 e. The van der Waals surface area contributed by atoms with Gasteiger partial charge in [-0.3, -0.25) is 14.4 Å². The van der Waals surface area contributed by atoms with Crippen LogP contribution in [0.15, 0.2) is 0 Å². The molecule has 182 valence electrons. The van der Waals surface area contributed by atoms with Crippen molar-refractivity contribution < 1.29 is 9.68 Å². The zero-order valence-electron chi connectivity index (χ0n) is 22.0. The van der Waals surface area contributed by atoms with E-state index in [2.05, 4.69) is 55.9 Å². The van der Waals surface area contributed by atoms with Gasteiger partial charge in [0.25, 0.3) is 0 Å². The summed E-state index contributed by atoms with van der Waals surface area (Å²) in [6, 6.07) is 0. The lowest BCUT2D eigenvalue weighted by molar-refractivity contribution is -0.539. The van der Waals surface area contributed by atoms with Crippen molar-refractivity contribution >= 4 is 5.96 Å². The molecule has 0 fully saturated rings. The maximum absolute atomic E-state index is 8.25. The van der Waals surface area contributed by atoms with Crippen molar-refractivity contribution in [3.8, 4) is 0 Å². The molecule has 0 aliphatic heterocycles. The summed E-state index contributed by atoms with van der Waals surface area (Å²) in [4.78, 5) is 5.54. The number of rotatable bonds is 18. The summed E-state index contributed by atoms with van der Waals surface area (Å²) in [5, 5.41) is 8.25. The Labute approximate surface area is 190 Å². The number of nitrogens with zero attached hydrogens (tertiary/aromatic N) is 3. The van der Waals surface area contributed by atoms with Crippen LogP contribution in [0.4, 0.5) is 0 Å². The molecule has 0 saturated heterocycles. The van der Waals surface area contributed by atoms with Crippen molar-refractivity contribution in [1.29, 1.82) is 0 Å². The van der Waals surface area contributed by atoms with E-state index >= 15 is 0 Å². The molecule has 0 amide bonds. The van der Waals surface area contributed by atoms with Crippen LogP contribution >= 0.6 is 0 Å². The predicted octanol–water partition coefficient (Wildman–Crippen LogP) is 5.74. The Balaban J connectivity index is 0. The summed E-state index contributed by atoms with van der Waals surface area (Å²) in [6.45, 7) is 21.3.